The van der Waals surface area contributed by atoms with Crippen molar-refractivity contribution in [1.29, 1.82) is 0 Å². The van der Waals surface area contributed by atoms with Crippen LogP contribution in [0.3, 0.4) is 0 Å². The van der Waals surface area contributed by atoms with E-state index in [1.54, 1.807) is 6.92 Å². The zero-order valence-electron chi connectivity index (χ0n) is 9.90. The standard InChI is InChI=1S/C12H10FN3O3/c1-6-9(5-14-16-6)11(17)15-10-4-7(13)2-3-8(10)12(18)19/h2-5H,1H3,(H,14,16)(H,15,17)(H,18,19). The third-order valence-corrected chi connectivity index (χ3v) is 2.53. The summed E-state index contributed by atoms with van der Waals surface area (Å²) >= 11 is 0. The minimum absolute atomic E-state index is 0.0990. The number of anilines is 1. The maximum Gasteiger partial charge on any atom is 0.337 e. The van der Waals surface area contributed by atoms with Gasteiger partial charge in [-0.3, -0.25) is 9.89 Å². The topological polar surface area (TPSA) is 95.1 Å². The number of aryl methyl sites for hydroxylation is 1. The molecule has 2 aromatic rings. The van der Waals surface area contributed by atoms with Crippen LogP contribution in [0.25, 0.3) is 0 Å². The van der Waals surface area contributed by atoms with E-state index in [0.717, 1.165) is 18.2 Å². The summed E-state index contributed by atoms with van der Waals surface area (Å²) in [6.07, 6.45) is 1.31. The summed E-state index contributed by atoms with van der Waals surface area (Å²) in [6.45, 7) is 1.64. The molecule has 0 atom stereocenters. The maximum atomic E-state index is 13.1. The molecular formula is C12H10FN3O3. The van der Waals surface area contributed by atoms with Crippen molar-refractivity contribution in [3.8, 4) is 0 Å². The first-order valence-electron chi connectivity index (χ1n) is 5.33. The monoisotopic (exact) mass is 263 g/mol. The molecule has 1 amide bonds. The summed E-state index contributed by atoms with van der Waals surface area (Å²) in [5, 5.41) is 17.6. The zero-order valence-corrected chi connectivity index (χ0v) is 9.90. The van der Waals surface area contributed by atoms with Crippen LogP contribution >= 0.6 is 0 Å². The molecule has 1 aromatic heterocycles. The Morgan fingerprint density at radius 2 is 2.11 bits per heavy atom. The van der Waals surface area contributed by atoms with Crippen molar-refractivity contribution in [2.24, 2.45) is 0 Å². The van der Waals surface area contributed by atoms with Crippen molar-refractivity contribution in [2.75, 3.05) is 5.32 Å². The molecule has 1 aromatic carbocycles. The number of aromatic nitrogens is 2. The van der Waals surface area contributed by atoms with E-state index in [-0.39, 0.29) is 16.8 Å². The van der Waals surface area contributed by atoms with E-state index in [1.165, 1.54) is 6.20 Å². The lowest BCUT2D eigenvalue weighted by Gasteiger charge is -2.08. The van der Waals surface area contributed by atoms with E-state index in [9.17, 15) is 14.0 Å². The number of rotatable bonds is 3. The number of nitrogens with zero attached hydrogens (tertiary/aromatic N) is 1. The molecule has 2 rings (SSSR count). The van der Waals surface area contributed by atoms with Gasteiger partial charge in [-0.15, -0.1) is 0 Å². The first kappa shape index (κ1) is 12.7. The quantitative estimate of drug-likeness (QED) is 0.787. The number of carbonyl (C=O) groups excluding carboxylic acids is 1. The molecule has 0 bridgehead atoms. The second-order valence-electron chi connectivity index (χ2n) is 3.86. The van der Waals surface area contributed by atoms with Gasteiger partial charge in [-0.1, -0.05) is 0 Å². The number of carboxylic acids is 1. The summed E-state index contributed by atoms with van der Waals surface area (Å²) in [7, 11) is 0. The SMILES string of the molecule is Cc1[nH]ncc1C(=O)Nc1cc(F)ccc1C(=O)O. The molecule has 0 unspecified atom stereocenters. The average molecular weight is 263 g/mol. The Hall–Kier alpha value is -2.70. The molecule has 0 spiro atoms. The normalized spacial score (nSPS) is 10.2. The molecule has 0 saturated heterocycles. The molecule has 7 heteroatoms. The molecule has 0 aliphatic heterocycles. The summed E-state index contributed by atoms with van der Waals surface area (Å²) in [5.74, 6) is -2.44. The Labute approximate surface area is 107 Å². The number of carboxylic acid groups (broad SMARTS) is 1. The molecule has 0 radical (unpaired) electrons. The van der Waals surface area contributed by atoms with Gasteiger partial charge in [-0.2, -0.15) is 5.10 Å². The van der Waals surface area contributed by atoms with Crippen LogP contribution in [0.2, 0.25) is 0 Å². The number of hydrogen-bond acceptors (Lipinski definition) is 3. The average Bonchev–Trinajstić information content (AvgIpc) is 2.75. The fraction of sp³-hybridized carbons (Fsp3) is 0.0833. The van der Waals surface area contributed by atoms with Crippen LogP contribution in [-0.4, -0.2) is 27.2 Å². The van der Waals surface area contributed by atoms with Crippen LogP contribution in [0.1, 0.15) is 26.4 Å². The van der Waals surface area contributed by atoms with Crippen LogP contribution in [0.15, 0.2) is 24.4 Å². The summed E-state index contributed by atoms with van der Waals surface area (Å²) in [5.41, 5.74) is 0.514. The van der Waals surface area contributed by atoms with Crippen molar-refractivity contribution >= 4 is 17.6 Å². The van der Waals surface area contributed by atoms with E-state index in [0.29, 0.717) is 5.69 Å². The van der Waals surface area contributed by atoms with Crippen LogP contribution in [-0.2, 0) is 0 Å². The minimum Gasteiger partial charge on any atom is -0.478 e. The molecule has 0 aliphatic carbocycles. The summed E-state index contributed by atoms with van der Waals surface area (Å²) in [4.78, 5) is 22.9. The number of amides is 1. The van der Waals surface area contributed by atoms with Gasteiger partial charge in [0, 0.05) is 5.69 Å². The largest absolute Gasteiger partial charge is 0.478 e. The van der Waals surface area contributed by atoms with Gasteiger partial charge in [0.05, 0.1) is 23.0 Å². The lowest BCUT2D eigenvalue weighted by Crippen LogP contribution is -2.15. The lowest BCUT2D eigenvalue weighted by molar-refractivity contribution is 0.0698. The number of hydrogen-bond donors (Lipinski definition) is 3. The van der Waals surface area contributed by atoms with Gasteiger partial charge in [0.2, 0.25) is 0 Å². The Morgan fingerprint density at radius 3 is 2.68 bits per heavy atom. The van der Waals surface area contributed by atoms with E-state index in [1.807, 2.05) is 0 Å². The third-order valence-electron chi connectivity index (χ3n) is 2.53. The molecule has 0 aliphatic rings. The Kier molecular flexibility index (Phi) is 3.28. The highest BCUT2D eigenvalue weighted by molar-refractivity contribution is 6.08. The Bertz CT molecular complexity index is 651. The maximum absolute atomic E-state index is 13.1. The minimum atomic E-state index is -1.25. The number of benzene rings is 1. The van der Waals surface area contributed by atoms with E-state index in [2.05, 4.69) is 15.5 Å². The summed E-state index contributed by atoms with van der Waals surface area (Å²) in [6, 6.07) is 3.06. The van der Waals surface area contributed by atoms with Crippen LogP contribution in [0.5, 0.6) is 0 Å². The van der Waals surface area contributed by atoms with Gasteiger partial charge in [-0.05, 0) is 25.1 Å². The van der Waals surface area contributed by atoms with E-state index in [4.69, 9.17) is 5.11 Å². The zero-order chi connectivity index (χ0) is 14.0. The van der Waals surface area contributed by atoms with Crippen molar-refractivity contribution in [3.05, 3.63) is 47.0 Å². The fourth-order valence-corrected chi connectivity index (χ4v) is 1.58. The lowest BCUT2D eigenvalue weighted by atomic mass is 10.1. The number of aromatic amines is 1. The van der Waals surface area contributed by atoms with Gasteiger partial charge in [0.1, 0.15) is 5.82 Å². The third kappa shape index (κ3) is 2.59. The number of nitrogens with one attached hydrogen (secondary N) is 2. The molecule has 0 fully saturated rings. The fourth-order valence-electron chi connectivity index (χ4n) is 1.58. The number of halogens is 1. The highest BCUT2D eigenvalue weighted by Gasteiger charge is 2.16. The molecule has 98 valence electrons. The first-order chi connectivity index (χ1) is 8.99. The van der Waals surface area contributed by atoms with E-state index >= 15 is 0 Å². The highest BCUT2D eigenvalue weighted by Crippen LogP contribution is 2.18. The molecule has 3 N–H and O–H groups in total. The molecule has 19 heavy (non-hydrogen) atoms. The van der Waals surface area contributed by atoms with Crippen molar-refractivity contribution < 1.29 is 19.1 Å². The number of carbonyl (C=O) groups is 2. The predicted octanol–water partition coefficient (Wildman–Crippen LogP) is 1.81. The molecular weight excluding hydrogens is 253 g/mol. The smallest absolute Gasteiger partial charge is 0.337 e. The van der Waals surface area contributed by atoms with Crippen LogP contribution in [0, 0.1) is 12.7 Å². The van der Waals surface area contributed by atoms with Crippen molar-refractivity contribution in [2.45, 2.75) is 6.92 Å². The highest BCUT2D eigenvalue weighted by atomic mass is 19.1. The predicted molar refractivity (Wildman–Crippen MR) is 64.6 cm³/mol. The molecule has 1 heterocycles. The number of aromatic carboxylic acids is 1. The number of H-pyrrole nitrogens is 1. The van der Waals surface area contributed by atoms with Crippen LogP contribution in [0.4, 0.5) is 10.1 Å². The van der Waals surface area contributed by atoms with Crippen molar-refractivity contribution in [1.82, 2.24) is 10.2 Å². The van der Waals surface area contributed by atoms with E-state index < -0.39 is 17.7 Å². The van der Waals surface area contributed by atoms with Gasteiger partial charge in [0.25, 0.3) is 5.91 Å². The Balaban J connectivity index is 2.33. The Morgan fingerprint density at radius 1 is 1.37 bits per heavy atom. The summed E-state index contributed by atoms with van der Waals surface area (Å²) < 4.78 is 13.1. The molecule has 0 saturated carbocycles. The van der Waals surface area contributed by atoms with Crippen LogP contribution < -0.4 is 5.32 Å². The first-order valence-corrected chi connectivity index (χ1v) is 5.33. The van der Waals surface area contributed by atoms with Gasteiger partial charge >= 0.3 is 5.97 Å². The second-order valence-corrected chi connectivity index (χ2v) is 3.86. The van der Waals surface area contributed by atoms with Crippen molar-refractivity contribution in [3.63, 3.8) is 0 Å². The van der Waals surface area contributed by atoms with Gasteiger partial charge in [-0.25, -0.2) is 9.18 Å². The second kappa shape index (κ2) is 4.89. The van der Waals surface area contributed by atoms with Gasteiger partial charge in [0.15, 0.2) is 0 Å². The van der Waals surface area contributed by atoms with Gasteiger partial charge < -0.3 is 10.4 Å². The molecule has 6 nitrogen and oxygen atoms in total.